The molecule has 1 aromatic heterocycles. The van der Waals surface area contributed by atoms with E-state index in [0.717, 1.165) is 30.0 Å². The molecule has 1 unspecified atom stereocenters. The third-order valence-corrected chi connectivity index (χ3v) is 6.23. The molecule has 1 saturated heterocycles. The molecule has 2 aromatic rings. The first-order chi connectivity index (χ1) is 13.0. The first-order valence-corrected chi connectivity index (χ1v) is 10.4. The second kappa shape index (κ2) is 7.31. The monoisotopic (exact) mass is 380 g/mol. The molecule has 0 N–H and O–H groups in total. The summed E-state index contributed by atoms with van der Waals surface area (Å²) in [5, 5.41) is 1.96. The van der Waals surface area contributed by atoms with Gasteiger partial charge in [-0.3, -0.25) is 14.5 Å². The predicted octanol–water partition coefficient (Wildman–Crippen LogP) is 4.07. The molecule has 0 saturated carbocycles. The molecular formula is C22H24N2O2S. The van der Waals surface area contributed by atoms with Crippen molar-refractivity contribution >= 4 is 28.7 Å². The zero-order valence-electron chi connectivity index (χ0n) is 15.8. The highest BCUT2D eigenvalue weighted by Crippen LogP contribution is 2.36. The van der Waals surface area contributed by atoms with Gasteiger partial charge in [0.05, 0.1) is 12.1 Å². The van der Waals surface area contributed by atoms with Gasteiger partial charge in [-0.05, 0) is 42.7 Å². The van der Waals surface area contributed by atoms with Crippen LogP contribution in [0.5, 0.6) is 0 Å². The summed E-state index contributed by atoms with van der Waals surface area (Å²) in [4.78, 5) is 31.0. The minimum Gasteiger partial charge on any atom is -0.366 e. The van der Waals surface area contributed by atoms with E-state index in [9.17, 15) is 9.59 Å². The van der Waals surface area contributed by atoms with Crippen molar-refractivity contribution in [1.82, 2.24) is 9.80 Å². The van der Waals surface area contributed by atoms with E-state index in [1.807, 2.05) is 48.7 Å². The molecule has 1 atom stereocenters. The fourth-order valence-electron chi connectivity index (χ4n) is 3.91. The van der Waals surface area contributed by atoms with E-state index < -0.39 is 0 Å². The van der Waals surface area contributed by atoms with E-state index in [1.54, 1.807) is 0 Å². The minimum atomic E-state index is -0.170. The van der Waals surface area contributed by atoms with E-state index in [-0.39, 0.29) is 11.8 Å². The van der Waals surface area contributed by atoms with Gasteiger partial charge >= 0.3 is 0 Å². The van der Waals surface area contributed by atoms with Gasteiger partial charge in [0.25, 0.3) is 11.8 Å². The molecular weight excluding hydrogens is 356 g/mol. The highest BCUT2D eigenvalue weighted by molar-refractivity contribution is 7.11. The number of piperidine rings is 1. The first kappa shape index (κ1) is 18.0. The van der Waals surface area contributed by atoms with Gasteiger partial charge in [-0.1, -0.05) is 42.8 Å². The number of nitrogens with zero attached hydrogens (tertiary/aromatic N) is 2. The fourth-order valence-corrected chi connectivity index (χ4v) is 4.67. The van der Waals surface area contributed by atoms with Gasteiger partial charge < -0.3 is 4.90 Å². The topological polar surface area (TPSA) is 40.6 Å². The third-order valence-electron chi connectivity index (χ3n) is 5.35. The maximum Gasteiger partial charge on any atom is 0.278 e. The number of carbonyl (C=O) groups is 2. The van der Waals surface area contributed by atoms with Crippen LogP contribution in [-0.4, -0.2) is 34.7 Å². The number of carbonyl (C=O) groups excluding carboxylic acids is 2. The first-order valence-electron chi connectivity index (χ1n) is 9.49. The number of rotatable bonds is 4. The lowest BCUT2D eigenvalue weighted by Crippen LogP contribution is -2.39. The molecule has 27 heavy (non-hydrogen) atoms. The van der Waals surface area contributed by atoms with E-state index in [2.05, 4.69) is 11.8 Å². The zero-order chi connectivity index (χ0) is 19.0. The van der Waals surface area contributed by atoms with Crippen LogP contribution >= 0.6 is 11.3 Å². The highest BCUT2D eigenvalue weighted by atomic mass is 32.1. The molecule has 5 heteroatoms. The van der Waals surface area contributed by atoms with Gasteiger partial charge in [-0.15, -0.1) is 11.3 Å². The zero-order valence-corrected chi connectivity index (χ0v) is 16.6. The average molecular weight is 381 g/mol. The second-order valence-corrected chi connectivity index (χ2v) is 8.52. The Morgan fingerprint density at radius 2 is 1.89 bits per heavy atom. The van der Waals surface area contributed by atoms with Gasteiger partial charge in [-0.2, -0.15) is 0 Å². The molecule has 0 radical (unpaired) electrons. The Hall–Kier alpha value is -2.40. The van der Waals surface area contributed by atoms with Crippen LogP contribution in [0.15, 0.2) is 47.5 Å². The molecule has 0 bridgehead atoms. The Labute approximate surface area is 164 Å². The number of amides is 2. The highest BCUT2D eigenvalue weighted by Gasteiger charge is 2.42. The maximum absolute atomic E-state index is 13.3. The maximum atomic E-state index is 13.3. The van der Waals surface area contributed by atoms with Crippen LogP contribution in [-0.2, 0) is 16.1 Å². The normalized spacial score (nSPS) is 20.7. The van der Waals surface area contributed by atoms with Crippen molar-refractivity contribution in [2.45, 2.75) is 33.2 Å². The van der Waals surface area contributed by atoms with Gasteiger partial charge in [0.2, 0.25) is 0 Å². The standard InChI is InChI=1S/C22H24N2O2S/c1-15-7-9-17(10-8-15)14-24-21(25)19(18-6-4-12-27-18)20(22(24)26)23-11-3-5-16(2)13-23/h4,6-10,12,16H,3,5,11,13-14H2,1-2H3. The van der Waals surface area contributed by atoms with Gasteiger partial charge in [-0.25, -0.2) is 0 Å². The molecule has 140 valence electrons. The minimum absolute atomic E-state index is 0.155. The Morgan fingerprint density at radius 1 is 1.11 bits per heavy atom. The molecule has 1 aromatic carbocycles. The predicted molar refractivity (Wildman–Crippen MR) is 108 cm³/mol. The number of hydrogen-bond donors (Lipinski definition) is 0. The number of aryl methyl sites for hydroxylation is 1. The Balaban J connectivity index is 1.69. The Morgan fingerprint density at radius 3 is 2.56 bits per heavy atom. The van der Waals surface area contributed by atoms with Crippen molar-refractivity contribution in [2.75, 3.05) is 13.1 Å². The van der Waals surface area contributed by atoms with Crippen LogP contribution in [0.4, 0.5) is 0 Å². The lowest BCUT2D eigenvalue weighted by Gasteiger charge is -2.33. The summed E-state index contributed by atoms with van der Waals surface area (Å²) in [5.74, 6) is 0.208. The summed E-state index contributed by atoms with van der Waals surface area (Å²) in [6.07, 6.45) is 2.23. The van der Waals surface area contributed by atoms with Crippen LogP contribution in [0, 0.1) is 12.8 Å². The third kappa shape index (κ3) is 3.44. The quantitative estimate of drug-likeness (QED) is 0.751. The number of benzene rings is 1. The lowest BCUT2D eigenvalue weighted by atomic mass is 9.99. The van der Waals surface area contributed by atoms with Crippen molar-refractivity contribution in [2.24, 2.45) is 5.92 Å². The summed E-state index contributed by atoms with van der Waals surface area (Å²) < 4.78 is 0. The number of imide groups is 1. The number of likely N-dealkylation sites (tertiary alicyclic amines) is 1. The summed E-state index contributed by atoms with van der Waals surface area (Å²) in [6.45, 7) is 6.23. The molecule has 2 aliphatic rings. The van der Waals surface area contributed by atoms with E-state index >= 15 is 0 Å². The molecule has 0 aliphatic carbocycles. The molecule has 4 nitrogen and oxygen atoms in total. The number of hydrogen-bond acceptors (Lipinski definition) is 4. The van der Waals surface area contributed by atoms with Crippen LogP contribution < -0.4 is 0 Å². The van der Waals surface area contributed by atoms with Crippen LogP contribution in [0.3, 0.4) is 0 Å². The molecule has 3 heterocycles. The van der Waals surface area contributed by atoms with Crippen LogP contribution in [0.1, 0.15) is 35.8 Å². The summed E-state index contributed by atoms with van der Waals surface area (Å²) in [5.41, 5.74) is 3.32. The molecule has 1 fully saturated rings. The van der Waals surface area contributed by atoms with E-state index in [0.29, 0.717) is 23.7 Å². The summed E-state index contributed by atoms with van der Waals surface area (Å²) in [6, 6.07) is 11.9. The molecule has 2 amide bonds. The smallest absolute Gasteiger partial charge is 0.278 e. The number of thiophene rings is 1. The van der Waals surface area contributed by atoms with Crippen LogP contribution in [0.2, 0.25) is 0 Å². The van der Waals surface area contributed by atoms with Crippen molar-refractivity contribution in [3.63, 3.8) is 0 Å². The summed E-state index contributed by atoms with van der Waals surface area (Å²) >= 11 is 1.52. The molecule has 4 rings (SSSR count). The largest absolute Gasteiger partial charge is 0.366 e. The van der Waals surface area contributed by atoms with Crippen molar-refractivity contribution in [1.29, 1.82) is 0 Å². The second-order valence-electron chi connectivity index (χ2n) is 7.58. The van der Waals surface area contributed by atoms with Gasteiger partial charge in [0.15, 0.2) is 0 Å². The van der Waals surface area contributed by atoms with Gasteiger partial charge in [0.1, 0.15) is 5.70 Å². The van der Waals surface area contributed by atoms with E-state index in [1.165, 1.54) is 28.2 Å². The van der Waals surface area contributed by atoms with Gasteiger partial charge in [0, 0.05) is 18.0 Å². The molecule has 0 spiro atoms. The van der Waals surface area contributed by atoms with Crippen molar-refractivity contribution < 1.29 is 9.59 Å². The van der Waals surface area contributed by atoms with Crippen molar-refractivity contribution in [3.8, 4) is 0 Å². The lowest BCUT2D eigenvalue weighted by molar-refractivity contribution is -0.138. The van der Waals surface area contributed by atoms with Crippen molar-refractivity contribution in [3.05, 3.63) is 63.5 Å². The SMILES string of the molecule is Cc1ccc(CN2C(=O)C(c3cccs3)=C(N3CCCC(C)C3)C2=O)cc1. The summed E-state index contributed by atoms with van der Waals surface area (Å²) in [7, 11) is 0. The Kier molecular flexibility index (Phi) is 4.87. The van der Waals surface area contributed by atoms with Crippen LogP contribution in [0.25, 0.3) is 5.57 Å². The Bertz CT molecular complexity index is 884. The molecule has 2 aliphatic heterocycles. The average Bonchev–Trinajstić information content (AvgIpc) is 3.25. The van der Waals surface area contributed by atoms with E-state index in [4.69, 9.17) is 0 Å². The fraction of sp³-hybridized carbons (Fsp3) is 0.364.